The van der Waals surface area contributed by atoms with E-state index < -0.39 is 0 Å². The Balaban J connectivity index is 1.45. The number of hydrogen-bond donors (Lipinski definition) is 1. The number of benzene rings is 1. The summed E-state index contributed by atoms with van der Waals surface area (Å²) in [6.07, 6.45) is 4.30. The van der Waals surface area contributed by atoms with Gasteiger partial charge >= 0.3 is 6.03 Å². The number of rotatable bonds is 4. The molecular formula is C19H27N3O. The maximum Gasteiger partial charge on any atom is 0.317 e. The lowest BCUT2D eigenvalue weighted by Crippen LogP contribution is -2.47. The lowest BCUT2D eigenvalue weighted by Gasteiger charge is -2.34. The molecule has 2 amide bonds. The van der Waals surface area contributed by atoms with Crippen molar-refractivity contribution in [1.82, 2.24) is 14.8 Å². The van der Waals surface area contributed by atoms with Gasteiger partial charge in [-0.25, -0.2) is 4.79 Å². The maximum absolute atomic E-state index is 12.3. The largest absolute Gasteiger partial charge is 0.347 e. The van der Waals surface area contributed by atoms with Crippen LogP contribution in [0.1, 0.15) is 26.7 Å². The van der Waals surface area contributed by atoms with E-state index in [0.29, 0.717) is 11.8 Å². The topological polar surface area (TPSA) is 37.3 Å². The molecule has 1 saturated heterocycles. The van der Waals surface area contributed by atoms with Crippen molar-refractivity contribution in [1.29, 1.82) is 0 Å². The number of urea groups is 1. The molecule has 0 bridgehead atoms. The predicted molar refractivity (Wildman–Crippen MR) is 94.5 cm³/mol. The van der Waals surface area contributed by atoms with Crippen molar-refractivity contribution in [3.05, 3.63) is 36.5 Å². The lowest BCUT2D eigenvalue weighted by atomic mass is 9.92. The number of carbonyl (C=O) groups is 1. The zero-order chi connectivity index (χ0) is 16.2. The minimum absolute atomic E-state index is 0.0979. The Morgan fingerprint density at radius 3 is 2.70 bits per heavy atom. The molecule has 1 aliphatic rings. The van der Waals surface area contributed by atoms with Crippen molar-refractivity contribution in [3.8, 4) is 0 Å². The highest BCUT2D eigenvalue weighted by molar-refractivity contribution is 5.79. The summed E-state index contributed by atoms with van der Waals surface area (Å²) in [7, 11) is 0. The molecule has 1 aromatic carbocycles. The van der Waals surface area contributed by atoms with Gasteiger partial charge in [-0.3, -0.25) is 0 Å². The van der Waals surface area contributed by atoms with Crippen LogP contribution in [0.3, 0.4) is 0 Å². The second kappa shape index (κ2) is 7.07. The third kappa shape index (κ3) is 3.87. The molecule has 1 N–H and O–H groups in total. The van der Waals surface area contributed by atoms with Gasteiger partial charge in [-0.05, 0) is 42.2 Å². The van der Waals surface area contributed by atoms with Gasteiger partial charge in [0.05, 0.1) is 0 Å². The first-order valence-electron chi connectivity index (χ1n) is 8.70. The van der Waals surface area contributed by atoms with Gasteiger partial charge in [-0.2, -0.15) is 0 Å². The standard InChI is InChI=1S/C19H27N3O/c1-15-12-16(2)14-22(13-15)19(23)20-9-5-10-21-11-8-17-6-3-4-7-18(17)21/h3-4,6-8,11,15-16H,5,9-10,12-14H2,1-2H3,(H,20,23). The summed E-state index contributed by atoms with van der Waals surface area (Å²) in [4.78, 5) is 14.2. The lowest BCUT2D eigenvalue weighted by molar-refractivity contribution is 0.146. The average molecular weight is 313 g/mol. The van der Waals surface area contributed by atoms with Crippen LogP contribution < -0.4 is 5.32 Å². The van der Waals surface area contributed by atoms with Crippen LogP contribution in [0.4, 0.5) is 4.79 Å². The van der Waals surface area contributed by atoms with Crippen molar-refractivity contribution < 1.29 is 4.79 Å². The summed E-state index contributed by atoms with van der Waals surface area (Å²) in [5, 5.41) is 4.35. The van der Waals surface area contributed by atoms with E-state index in [1.807, 2.05) is 4.90 Å². The quantitative estimate of drug-likeness (QED) is 0.858. The monoisotopic (exact) mass is 313 g/mol. The van der Waals surface area contributed by atoms with E-state index in [-0.39, 0.29) is 6.03 Å². The number of likely N-dealkylation sites (tertiary alicyclic amines) is 1. The van der Waals surface area contributed by atoms with Crippen LogP contribution in [0.15, 0.2) is 36.5 Å². The fraction of sp³-hybridized carbons (Fsp3) is 0.526. The minimum atomic E-state index is 0.0979. The highest BCUT2D eigenvalue weighted by Crippen LogP contribution is 2.20. The van der Waals surface area contributed by atoms with E-state index in [1.165, 1.54) is 17.3 Å². The first-order chi connectivity index (χ1) is 11.1. The number of amides is 2. The molecule has 124 valence electrons. The molecule has 2 atom stereocenters. The number of aromatic nitrogens is 1. The Bertz CT molecular complexity index is 653. The molecule has 1 aromatic heterocycles. The van der Waals surface area contributed by atoms with Crippen LogP contribution in [0.5, 0.6) is 0 Å². The zero-order valence-electron chi connectivity index (χ0n) is 14.2. The summed E-state index contributed by atoms with van der Waals surface area (Å²) >= 11 is 0. The van der Waals surface area contributed by atoms with E-state index in [4.69, 9.17) is 0 Å². The Morgan fingerprint density at radius 2 is 1.91 bits per heavy atom. The summed E-state index contributed by atoms with van der Waals surface area (Å²) in [5.74, 6) is 1.21. The van der Waals surface area contributed by atoms with Crippen LogP contribution in [-0.2, 0) is 6.54 Å². The van der Waals surface area contributed by atoms with Crippen molar-refractivity contribution in [2.45, 2.75) is 33.2 Å². The predicted octanol–water partition coefficient (Wildman–Crippen LogP) is 3.72. The van der Waals surface area contributed by atoms with Gasteiger partial charge in [-0.15, -0.1) is 0 Å². The van der Waals surface area contributed by atoms with E-state index in [2.05, 4.69) is 60.3 Å². The van der Waals surface area contributed by atoms with E-state index in [9.17, 15) is 4.79 Å². The SMILES string of the molecule is CC1CC(C)CN(C(=O)NCCCn2ccc3ccccc32)C1. The molecule has 3 rings (SSSR count). The molecule has 2 heterocycles. The molecule has 0 aliphatic carbocycles. The second-order valence-electron chi connectivity index (χ2n) is 7.00. The highest BCUT2D eigenvalue weighted by atomic mass is 16.2. The first kappa shape index (κ1) is 15.9. The number of carbonyl (C=O) groups excluding carboxylic acids is 1. The third-order valence-electron chi connectivity index (χ3n) is 4.69. The summed E-state index contributed by atoms with van der Waals surface area (Å²) < 4.78 is 2.26. The number of nitrogens with zero attached hydrogens (tertiary/aromatic N) is 2. The number of nitrogens with one attached hydrogen (secondary N) is 1. The fourth-order valence-corrected chi connectivity index (χ4v) is 3.72. The molecule has 2 unspecified atom stereocenters. The Hall–Kier alpha value is -1.97. The van der Waals surface area contributed by atoms with Crippen molar-refractivity contribution in [2.75, 3.05) is 19.6 Å². The Kier molecular flexibility index (Phi) is 4.89. The zero-order valence-corrected chi connectivity index (χ0v) is 14.2. The molecule has 0 radical (unpaired) electrons. The van der Waals surface area contributed by atoms with Crippen LogP contribution in [0.2, 0.25) is 0 Å². The van der Waals surface area contributed by atoms with Gasteiger partial charge in [0.15, 0.2) is 0 Å². The smallest absolute Gasteiger partial charge is 0.317 e. The van der Waals surface area contributed by atoms with Gasteiger partial charge < -0.3 is 14.8 Å². The van der Waals surface area contributed by atoms with Gasteiger partial charge in [0.2, 0.25) is 0 Å². The summed E-state index contributed by atoms with van der Waals surface area (Å²) in [6.45, 7) is 7.89. The third-order valence-corrected chi connectivity index (χ3v) is 4.69. The number of hydrogen-bond acceptors (Lipinski definition) is 1. The Morgan fingerprint density at radius 1 is 1.17 bits per heavy atom. The fourth-order valence-electron chi connectivity index (χ4n) is 3.72. The number of para-hydroxylation sites is 1. The van der Waals surface area contributed by atoms with Gasteiger partial charge in [0.1, 0.15) is 0 Å². The summed E-state index contributed by atoms with van der Waals surface area (Å²) in [6, 6.07) is 10.6. The second-order valence-corrected chi connectivity index (χ2v) is 7.00. The van der Waals surface area contributed by atoms with Crippen LogP contribution >= 0.6 is 0 Å². The molecule has 2 aromatic rings. The maximum atomic E-state index is 12.3. The van der Waals surface area contributed by atoms with Crippen LogP contribution in [-0.4, -0.2) is 35.1 Å². The average Bonchev–Trinajstić information content (AvgIpc) is 2.94. The molecule has 1 fully saturated rings. The van der Waals surface area contributed by atoms with Crippen molar-refractivity contribution >= 4 is 16.9 Å². The van der Waals surface area contributed by atoms with Gasteiger partial charge in [0.25, 0.3) is 0 Å². The molecule has 4 nitrogen and oxygen atoms in total. The number of fused-ring (bicyclic) bond motifs is 1. The number of piperidine rings is 1. The normalized spacial score (nSPS) is 21.6. The number of aryl methyl sites for hydroxylation is 1. The van der Waals surface area contributed by atoms with Gasteiger partial charge in [-0.1, -0.05) is 32.0 Å². The molecule has 0 spiro atoms. The van der Waals surface area contributed by atoms with Crippen molar-refractivity contribution in [3.63, 3.8) is 0 Å². The molecular weight excluding hydrogens is 286 g/mol. The van der Waals surface area contributed by atoms with E-state index in [0.717, 1.165) is 32.6 Å². The van der Waals surface area contributed by atoms with Crippen molar-refractivity contribution in [2.24, 2.45) is 11.8 Å². The molecule has 23 heavy (non-hydrogen) atoms. The van der Waals surface area contributed by atoms with Crippen LogP contribution in [0.25, 0.3) is 10.9 Å². The Labute approximate surface area is 138 Å². The first-order valence-corrected chi connectivity index (χ1v) is 8.70. The van der Waals surface area contributed by atoms with Gasteiger partial charge in [0, 0.05) is 37.9 Å². The van der Waals surface area contributed by atoms with E-state index >= 15 is 0 Å². The summed E-state index contributed by atoms with van der Waals surface area (Å²) in [5.41, 5.74) is 1.26. The molecule has 0 saturated carbocycles. The minimum Gasteiger partial charge on any atom is -0.347 e. The van der Waals surface area contributed by atoms with Crippen LogP contribution in [0, 0.1) is 11.8 Å². The molecule has 4 heteroatoms. The highest BCUT2D eigenvalue weighted by Gasteiger charge is 2.24. The van der Waals surface area contributed by atoms with E-state index in [1.54, 1.807) is 0 Å². The molecule has 1 aliphatic heterocycles.